The molecule has 108 valence electrons. The Labute approximate surface area is 122 Å². The summed E-state index contributed by atoms with van der Waals surface area (Å²) in [4.78, 5) is 15.2. The maximum Gasteiger partial charge on any atom is 0.254 e. The first kappa shape index (κ1) is 18.0. The van der Waals surface area contributed by atoms with Crippen molar-refractivity contribution in [2.45, 2.75) is 6.10 Å². The maximum atomic E-state index is 13.2. The van der Waals surface area contributed by atoms with Crippen LogP contribution in [0.4, 0.5) is 4.39 Å². The fraction of sp³-hybridized carbons (Fsp3) is 0.455. The minimum absolute atomic E-state index is 0. The number of β-amino-alcohol motifs (C(OH)–C–C–N with tert-alkyl or cyclic N) is 1. The van der Waals surface area contributed by atoms with Crippen LogP contribution in [0, 0.1) is 11.7 Å². The number of aliphatic hydroxyl groups excluding tert-OH is 1. The zero-order valence-electron chi connectivity index (χ0n) is 10.0. The molecule has 0 saturated carbocycles. The topological polar surface area (TPSA) is 74.2 Å². The lowest BCUT2D eigenvalue weighted by atomic mass is 10.1. The van der Waals surface area contributed by atoms with E-state index in [-0.39, 0.29) is 36.3 Å². The van der Waals surface area contributed by atoms with Crippen LogP contribution < -0.4 is 10.6 Å². The van der Waals surface area contributed by atoms with Gasteiger partial charge in [-0.3, -0.25) is 9.78 Å². The van der Waals surface area contributed by atoms with E-state index in [1.54, 1.807) is 0 Å². The molecule has 0 radical (unpaired) electrons. The van der Waals surface area contributed by atoms with E-state index in [4.69, 9.17) is 0 Å². The predicted octanol–water partition coefficient (Wildman–Crippen LogP) is 0.374. The molecule has 1 aromatic heterocycles. The molecular formula is C11H16Cl2FN3O2. The summed E-state index contributed by atoms with van der Waals surface area (Å²) in [5, 5.41) is 15.1. The van der Waals surface area contributed by atoms with Gasteiger partial charge in [0.05, 0.1) is 17.9 Å². The van der Waals surface area contributed by atoms with Crippen LogP contribution in [0.1, 0.15) is 10.4 Å². The van der Waals surface area contributed by atoms with E-state index in [1.807, 2.05) is 0 Å². The molecule has 0 aliphatic carbocycles. The molecule has 0 aromatic carbocycles. The molecule has 2 atom stereocenters. The number of amides is 1. The van der Waals surface area contributed by atoms with E-state index in [0.29, 0.717) is 19.6 Å². The number of aliphatic hydroxyl groups is 1. The van der Waals surface area contributed by atoms with E-state index in [1.165, 1.54) is 12.3 Å². The van der Waals surface area contributed by atoms with Gasteiger partial charge in [0.1, 0.15) is 0 Å². The fourth-order valence-corrected chi connectivity index (χ4v) is 1.81. The summed E-state index contributed by atoms with van der Waals surface area (Å²) in [6.45, 7) is 1.51. The van der Waals surface area contributed by atoms with Gasteiger partial charge in [0.2, 0.25) is 0 Å². The van der Waals surface area contributed by atoms with Crippen LogP contribution in [0.3, 0.4) is 0 Å². The van der Waals surface area contributed by atoms with E-state index in [9.17, 15) is 14.3 Å². The van der Waals surface area contributed by atoms with E-state index >= 15 is 0 Å². The maximum absolute atomic E-state index is 13.2. The largest absolute Gasteiger partial charge is 0.391 e. The van der Waals surface area contributed by atoms with Gasteiger partial charge in [-0.1, -0.05) is 0 Å². The fourth-order valence-electron chi connectivity index (χ4n) is 1.81. The van der Waals surface area contributed by atoms with Crippen molar-refractivity contribution in [3.63, 3.8) is 0 Å². The van der Waals surface area contributed by atoms with Gasteiger partial charge in [-0.2, -0.15) is 0 Å². The van der Waals surface area contributed by atoms with Gasteiger partial charge in [-0.25, -0.2) is 4.39 Å². The third-order valence-electron chi connectivity index (χ3n) is 2.85. The molecule has 2 heterocycles. The van der Waals surface area contributed by atoms with Crippen molar-refractivity contribution in [2.24, 2.45) is 5.92 Å². The normalized spacial score (nSPS) is 21.2. The van der Waals surface area contributed by atoms with Gasteiger partial charge in [0.25, 0.3) is 5.91 Å². The van der Waals surface area contributed by atoms with Crippen LogP contribution in [0.2, 0.25) is 0 Å². The number of pyridine rings is 1. The van der Waals surface area contributed by atoms with Crippen LogP contribution in [-0.4, -0.2) is 41.7 Å². The third-order valence-corrected chi connectivity index (χ3v) is 2.85. The molecule has 1 fully saturated rings. The van der Waals surface area contributed by atoms with Gasteiger partial charge >= 0.3 is 0 Å². The summed E-state index contributed by atoms with van der Waals surface area (Å²) in [5.74, 6) is -1.15. The smallest absolute Gasteiger partial charge is 0.254 e. The molecule has 19 heavy (non-hydrogen) atoms. The summed E-state index contributed by atoms with van der Waals surface area (Å²) in [5.41, 5.74) is -0.0274. The second-order valence-corrected chi connectivity index (χ2v) is 4.05. The van der Waals surface area contributed by atoms with Gasteiger partial charge in [0, 0.05) is 31.7 Å². The van der Waals surface area contributed by atoms with Crippen molar-refractivity contribution < 1.29 is 14.3 Å². The average Bonchev–Trinajstić information content (AvgIpc) is 2.72. The van der Waals surface area contributed by atoms with Crippen molar-refractivity contribution >= 4 is 30.7 Å². The molecular weight excluding hydrogens is 296 g/mol. The minimum Gasteiger partial charge on any atom is -0.391 e. The molecule has 3 N–H and O–H groups in total. The summed E-state index contributed by atoms with van der Waals surface area (Å²) >= 11 is 0. The lowest BCUT2D eigenvalue weighted by Crippen LogP contribution is -2.34. The Morgan fingerprint density at radius 3 is 2.84 bits per heavy atom. The molecule has 1 amide bonds. The summed E-state index contributed by atoms with van der Waals surface area (Å²) in [7, 11) is 0. The molecule has 0 bridgehead atoms. The van der Waals surface area contributed by atoms with Crippen molar-refractivity contribution in [1.29, 1.82) is 0 Å². The van der Waals surface area contributed by atoms with Crippen LogP contribution in [-0.2, 0) is 0 Å². The van der Waals surface area contributed by atoms with Crippen molar-refractivity contribution in [3.8, 4) is 0 Å². The minimum atomic E-state index is -0.643. The first-order chi connectivity index (χ1) is 8.18. The van der Waals surface area contributed by atoms with Gasteiger partial charge in [0.15, 0.2) is 5.82 Å². The first-order valence-electron chi connectivity index (χ1n) is 5.45. The number of carbonyl (C=O) groups is 1. The van der Waals surface area contributed by atoms with Crippen LogP contribution in [0.15, 0.2) is 18.5 Å². The summed E-state index contributed by atoms with van der Waals surface area (Å²) in [6, 6.07) is 1.33. The van der Waals surface area contributed by atoms with Crippen molar-refractivity contribution in [3.05, 3.63) is 29.8 Å². The molecule has 2 unspecified atom stereocenters. The highest BCUT2D eigenvalue weighted by Gasteiger charge is 2.25. The van der Waals surface area contributed by atoms with E-state index < -0.39 is 17.8 Å². The summed E-state index contributed by atoms with van der Waals surface area (Å²) in [6.07, 6.45) is 1.91. The Bertz CT molecular complexity index is 423. The number of halogens is 3. The zero-order valence-corrected chi connectivity index (χ0v) is 11.6. The Morgan fingerprint density at radius 2 is 2.26 bits per heavy atom. The van der Waals surface area contributed by atoms with E-state index in [0.717, 1.165) is 6.20 Å². The second kappa shape index (κ2) is 8.27. The highest BCUT2D eigenvalue weighted by atomic mass is 35.5. The SMILES string of the molecule is Cl.Cl.O=C(NCC1CNCC1O)c1ccncc1F. The van der Waals surface area contributed by atoms with Gasteiger partial charge < -0.3 is 15.7 Å². The Hall–Kier alpha value is -0.950. The highest BCUT2D eigenvalue weighted by Crippen LogP contribution is 2.08. The number of nitrogens with one attached hydrogen (secondary N) is 2. The molecule has 1 aliphatic heterocycles. The standard InChI is InChI=1S/C11H14FN3O2.2ClH/c12-9-5-13-2-1-8(9)11(17)15-4-7-3-14-6-10(7)16;;/h1-2,5,7,10,14,16H,3-4,6H2,(H,15,17);2*1H. The van der Waals surface area contributed by atoms with Crippen molar-refractivity contribution in [1.82, 2.24) is 15.6 Å². The monoisotopic (exact) mass is 311 g/mol. The second-order valence-electron chi connectivity index (χ2n) is 4.05. The Balaban J connectivity index is 0.00000162. The van der Waals surface area contributed by atoms with Gasteiger partial charge in [-0.15, -0.1) is 24.8 Å². The molecule has 1 aromatic rings. The molecule has 2 rings (SSSR count). The molecule has 1 saturated heterocycles. The van der Waals surface area contributed by atoms with Crippen LogP contribution in [0.25, 0.3) is 0 Å². The quantitative estimate of drug-likeness (QED) is 0.754. The number of nitrogens with zero attached hydrogens (tertiary/aromatic N) is 1. The number of rotatable bonds is 3. The predicted molar refractivity (Wildman–Crippen MR) is 73.4 cm³/mol. The van der Waals surface area contributed by atoms with Crippen LogP contribution >= 0.6 is 24.8 Å². The van der Waals surface area contributed by atoms with Crippen molar-refractivity contribution in [2.75, 3.05) is 19.6 Å². The lowest BCUT2D eigenvalue weighted by molar-refractivity contribution is 0.0923. The first-order valence-corrected chi connectivity index (χ1v) is 5.45. The number of hydrogen-bond donors (Lipinski definition) is 3. The number of aromatic nitrogens is 1. The molecule has 5 nitrogen and oxygen atoms in total. The number of carbonyl (C=O) groups excluding carboxylic acids is 1. The number of hydrogen-bond acceptors (Lipinski definition) is 4. The Morgan fingerprint density at radius 1 is 1.53 bits per heavy atom. The average molecular weight is 312 g/mol. The molecule has 1 aliphatic rings. The van der Waals surface area contributed by atoms with Crippen LogP contribution in [0.5, 0.6) is 0 Å². The highest BCUT2D eigenvalue weighted by molar-refractivity contribution is 5.94. The zero-order chi connectivity index (χ0) is 12.3. The summed E-state index contributed by atoms with van der Waals surface area (Å²) < 4.78 is 13.2. The lowest BCUT2D eigenvalue weighted by Gasteiger charge is -2.14. The van der Waals surface area contributed by atoms with E-state index in [2.05, 4.69) is 15.6 Å². The molecule has 8 heteroatoms. The third kappa shape index (κ3) is 4.58. The van der Waals surface area contributed by atoms with Gasteiger partial charge in [-0.05, 0) is 6.07 Å². The molecule has 0 spiro atoms. The Kier molecular flexibility index (Phi) is 7.85.